The maximum absolute atomic E-state index is 11.0. The molecule has 1 amide bonds. The molecular weight excluding hydrogens is 126 g/mol. The fraction of sp³-hybridized carbons (Fsp3) is 0.625. The molecule has 1 N–H and O–H groups in total. The number of rotatable bonds is 3. The van der Waals surface area contributed by atoms with Gasteiger partial charge in [0.15, 0.2) is 0 Å². The average molecular weight is 141 g/mol. The van der Waals surface area contributed by atoms with Crippen LogP contribution in [-0.2, 0) is 4.79 Å². The zero-order valence-electron chi connectivity index (χ0n) is 6.85. The molecule has 0 aliphatic carbocycles. The number of nitrogens with one attached hydrogen (secondary N) is 1. The highest BCUT2D eigenvalue weighted by atomic mass is 16.1. The zero-order chi connectivity index (χ0) is 8.15. The van der Waals surface area contributed by atoms with E-state index in [2.05, 4.69) is 11.9 Å². The standard InChI is InChI=1S/C8H15NO/c1-5-7(4)9-8(10)6(2)3/h5-7H,1H2,2-4H3,(H,9,10). The summed E-state index contributed by atoms with van der Waals surface area (Å²) in [7, 11) is 0. The van der Waals surface area contributed by atoms with Crippen LogP contribution < -0.4 is 5.32 Å². The Balaban J connectivity index is 3.68. The first-order chi connectivity index (χ1) is 4.57. The van der Waals surface area contributed by atoms with Gasteiger partial charge in [-0.2, -0.15) is 0 Å². The Morgan fingerprint density at radius 1 is 1.50 bits per heavy atom. The van der Waals surface area contributed by atoms with Gasteiger partial charge in [0.25, 0.3) is 0 Å². The van der Waals surface area contributed by atoms with Crippen molar-refractivity contribution in [2.75, 3.05) is 0 Å². The van der Waals surface area contributed by atoms with Gasteiger partial charge in [0.1, 0.15) is 0 Å². The molecule has 0 aromatic rings. The Morgan fingerprint density at radius 2 is 2.00 bits per heavy atom. The summed E-state index contributed by atoms with van der Waals surface area (Å²) in [5.41, 5.74) is 0. The van der Waals surface area contributed by atoms with E-state index in [4.69, 9.17) is 0 Å². The third-order valence-corrected chi connectivity index (χ3v) is 1.25. The summed E-state index contributed by atoms with van der Waals surface area (Å²) in [6.45, 7) is 9.19. The Kier molecular flexibility index (Phi) is 3.77. The molecule has 2 nitrogen and oxygen atoms in total. The van der Waals surface area contributed by atoms with E-state index >= 15 is 0 Å². The molecule has 0 aliphatic heterocycles. The first kappa shape index (κ1) is 9.21. The lowest BCUT2D eigenvalue weighted by atomic mass is 10.2. The predicted molar refractivity (Wildman–Crippen MR) is 42.6 cm³/mol. The van der Waals surface area contributed by atoms with Crippen molar-refractivity contribution in [3.05, 3.63) is 12.7 Å². The van der Waals surface area contributed by atoms with E-state index in [1.807, 2.05) is 20.8 Å². The summed E-state index contributed by atoms with van der Waals surface area (Å²) in [5.74, 6) is 0.134. The van der Waals surface area contributed by atoms with E-state index < -0.39 is 0 Å². The van der Waals surface area contributed by atoms with Crippen LogP contribution >= 0.6 is 0 Å². The molecule has 0 aromatic carbocycles. The van der Waals surface area contributed by atoms with Gasteiger partial charge in [-0.3, -0.25) is 4.79 Å². The molecule has 0 radical (unpaired) electrons. The van der Waals surface area contributed by atoms with Crippen LogP contribution in [0.1, 0.15) is 20.8 Å². The minimum atomic E-state index is 0.0578. The first-order valence-electron chi connectivity index (χ1n) is 3.51. The molecular formula is C8H15NO. The molecule has 10 heavy (non-hydrogen) atoms. The highest BCUT2D eigenvalue weighted by molar-refractivity contribution is 5.78. The molecule has 0 rings (SSSR count). The maximum Gasteiger partial charge on any atom is 0.223 e. The molecule has 0 fully saturated rings. The van der Waals surface area contributed by atoms with Crippen molar-refractivity contribution < 1.29 is 4.79 Å². The third kappa shape index (κ3) is 3.28. The molecule has 0 spiro atoms. The highest BCUT2D eigenvalue weighted by Gasteiger charge is 2.07. The van der Waals surface area contributed by atoms with Crippen molar-refractivity contribution in [3.63, 3.8) is 0 Å². The lowest BCUT2D eigenvalue weighted by Gasteiger charge is -2.10. The van der Waals surface area contributed by atoms with E-state index in [9.17, 15) is 4.79 Å². The maximum atomic E-state index is 11.0. The molecule has 0 saturated carbocycles. The van der Waals surface area contributed by atoms with E-state index in [1.165, 1.54) is 0 Å². The van der Waals surface area contributed by atoms with Crippen LogP contribution in [0.3, 0.4) is 0 Å². The van der Waals surface area contributed by atoms with Crippen molar-refractivity contribution in [1.29, 1.82) is 0 Å². The number of carbonyl (C=O) groups excluding carboxylic acids is 1. The van der Waals surface area contributed by atoms with Gasteiger partial charge >= 0.3 is 0 Å². The smallest absolute Gasteiger partial charge is 0.223 e. The summed E-state index contributed by atoms with van der Waals surface area (Å²) < 4.78 is 0. The second-order valence-electron chi connectivity index (χ2n) is 2.69. The largest absolute Gasteiger partial charge is 0.350 e. The van der Waals surface area contributed by atoms with Crippen molar-refractivity contribution >= 4 is 5.91 Å². The normalized spacial score (nSPS) is 12.8. The molecule has 58 valence electrons. The highest BCUT2D eigenvalue weighted by Crippen LogP contribution is 1.92. The summed E-state index contributed by atoms with van der Waals surface area (Å²) >= 11 is 0. The molecule has 0 bridgehead atoms. The van der Waals surface area contributed by atoms with Crippen molar-refractivity contribution in [1.82, 2.24) is 5.32 Å². The van der Waals surface area contributed by atoms with Crippen molar-refractivity contribution in [2.24, 2.45) is 5.92 Å². The Labute approximate surface area is 62.3 Å². The summed E-state index contributed by atoms with van der Waals surface area (Å²) in [4.78, 5) is 11.0. The topological polar surface area (TPSA) is 29.1 Å². The summed E-state index contributed by atoms with van der Waals surface area (Å²) in [6, 6.07) is 0.0786. The molecule has 0 aromatic heterocycles. The van der Waals surface area contributed by atoms with Gasteiger partial charge in [-0.1, -0.05) is 19.9 Å². The molecule has 2 heteroatoms. The van der Waals surface area contributed by atoms with Crippen molar-refractivity contribution in [2.45, 2.75) is 26.8 Å². The SMILES string of the molecule is C=CC(C)NC(=O)C(C)C. The van der Waals surface area contributed by atoms with Gasteiger partial charge in [0.05, 0.1) is 0 Å². The van der Waals surface area contributed by atoms with Crippen LogP contribution in [0, 0.1) is 5.92 Å². The van der Waals surface area contributed by atoms with Gasteiger partial charge in [0, 0.05) is 12.0 Å². The fourth-order valence-corrected chi connectivity index (χ4v) is 0.450. The van der Waals surface area contributed by atoms with E-state index in [-0.39, 0.29) is 17.9 Å². The van der Waals surface area contributed by atoms with Gasteiger partial charge in [-0.15, -0.1) is 6.58 Å². The second kappa shape index (κ2) is 4.09. The van der Waals surface area contributed by atoms with Gasteiger partial charge in [-0.05, 0) is 6.92 Å². The Bertz CT molecular complexity index is 129. The molecule has 0 heterocycles. The predicted octanol–water partition coefficient (Wildman–Crippen LogP) is 1.33. The number of amides is 1. The quantitative estimate of drug-likeness (QED) is 0.590. The van der Waals surface area contributed by atoms with E-state index in [0.29, 0.717) is 0 Å². The number of hydrogen-bond acceptors (Lipinski definition) is 1. The summed E-state index contributed by atoms with van der Waals surface area (Å²) in [5, 5.41) is 2.77. The van der Waals surface area contributed by atoms with Gasteiger partial charge in [-0.25, -0.2) is 0 Å². The molecule has 1 unspecified atom stereocenters. The fourth-order valence-electron chi connectivity index (χ4n) is 0.450. The van der Waals surface area contributed by atoms with E-state index in [0.717, 1.165) is 0 Å². The van der Waals surface area contributed by atoms with Gasteiger partial charge in [0.2, 0.25) is 5.91 Å². The van der Waals surface area contributed by atoms with Crippen LogP contribution in [0.5, 0.6) is 0 Å². The zero-order valence-corrected chi connectivity index (χ0v) is 6.85. The minimum Gasteiger partial charge on any atom is -0.350 e. The summed E-state index contributed by atoms with van der Waals surface area (Å²) in [6.07, 6.45) is 1.71. The van der Waals surface area contributed by atoms with Crippen LogP contribution in [0.25, 0.3) is 0 Å². The van der Waals surface area contributed by atoms with Crippen LogP contribution in [-0.4, -0.2) is 11.9 Å². The lowest BCUT2D eigenvalue weighted by Crippen LogP contribution is -2.33. The Hall–Kier alpha value is -0.790. The second-order valence-corrected chi connectivity index (χ2v) is 2.69. The van der Waals surface area contributed by atoms with Crippen molar-refractivity contribution in [3.8, 4) is 0 Å². The lowest BCUT2D eigenvalue weighted by molar-refractivity contribution is -0.124. The monoisotopic (exact) mass is 141 g/mol. The average Bonchev–Trinajstić information content (AvgIpc) is 1.87. The van der Waals surface area contributed by atoms with Crippen LogP contribution in [0.4, 0.5) is 0 Å². The molecule has 1 atom stereocenters. The molecule has 0 aliphatic rings. The van der Waals surface area contributed by atoms with Gasteiger partial charge < -0.3 is 5.32 Å². The number of hydrogen-bond donors (Lipinski definition) is 1. The minimum absolute atomic E-state index is 0.0578. The van der Waals surface area contributed by atoms with E-state index in [1.54, 1.807) is 6.08 Å². The first-order valence-corrected chi connectivity index (χ1v) is 3.51. The third-order valence-electron chi connectivity index (χ3n) is 1.25. The molecule has 0 saturated heterocycles. The number of carbonyl (C=O) groups is 1. The Morgan fingerprint density at radius 3 is 2.30 bits per heavy atom. The van der Waals surface area contributed by atoms with Crippen LogP contribution in [0.2, 0.25) is 0 Å². The van der Waals surface area contributed by atoms with Crippen LogP contribution in [0.15, 0.2) is 12.7 Å².